The Hall–Kier alpha value is -1.72. The van der Waals surface area contributed by atoms with Crippen molar-refractivity contribution in [2.24, 2.45) is 4.99 Å². The zero-order chi connectivity index (χ0) is 17.3. The van der Waals surface area contributed by atoms with Gasteiger partial charge in [0.1, 0.15) is 10.3 Å². The van der Waals surface area contributed by atoms with Crippen molar-refractivity contribution in [3.63, 3.8) is 0 Å². The second-order valence-corrected chi connectivity index (χ2v) is 6.53. The van der Waals surface area contributed by atoms with Gasteiger partial charge in [0, 0.05) is 10.6 Å². The lowest BCUT2D eigenvalue weighted by molar-refractivity contribution is 1.17. The summed E-state index contributed by atoms with van der Waals surface area (Å²) in [5.74, 6) is 0.696. The maximum atomic E-state index is 6.09. The molecular formula is C16H10Cl4N4. The number of aliphatic imine (C=N–C) groups is 1. The summed E-state index contributed by atoms with van der Waals surface area (Å²) in [6.07, 6.45) is 0. The van der Waals surface area contributed by atoms with Crippen molar-refractivity contribution in [2.75, 3.05) is 5.73 Å². The Labute approximate surface area is 158 Å². The van der Waals surface area contributed by atoms with E-state index in [4.69, 9.17) is 52.1 Å². The fourth-order valence-corrected chi connectivity index (χ4v) is 2.54. The third kappa shape index (κ3) is 3.37. The molecule has 0 radical (unpaired) electrons. The molecule has 24 heavy (non-hydrogen) atoms. The smallest absolute Gasteiger partial charge is 0.207 e. The Kier molecular flexibility index (Phi) is 5.01. The Morgan fingerprint density at radius 2 is 1.67 bits per heavy atom. The number of fused-ring (bicyclic) bond motifs is 1. The van der Waals surface area contributed by atoms with Crippen LogP contribution < -0.4 is 5.73 Å². The lowest BCUT2D eigenvalue weighted by Gasteiger charge is -2.11. The van der Waals surface area contributed by atoms with Gasteiger partial charge in [-0.05, 0) is 36.4 Å². The molecule has 0 unspecified atom stereocenters. The molecule has 2 aromatic carbocycles. The van der Waals surface area contributed by atoms with Gasteiger partial charge in [-0.15, -0.1) is 0 Å². The maximum Gasteiger partial charge on any atom is 0.207 e. The normalized spacial score (nSPS) is 11.8. The molecular weight excluding hydrogens is 390 g/mol. The van der Waals surface area contributed by atoms with E-state index in [1.165, 1.54) is 0 Å². The van der Waals surface area contributed by atoms with E-state index >= 15 is 0 Å². The topological polar surface area (TPSA) is 56.2 Å². The van der Waals surface area contributed by atoms with Gasteiger partial charge in [0.15, 0.2) is 5.16 Å². The zero-order valence-electron chi connectivity index (χ0n) is 12.0. The average Bonchev–Trinajstić information content (AvgIpc) is 2.89. The minimum absolute atomic E-state index is 0.0551. The van der Waals surface area contributed by atoms with E-state index in [-0.39, 0.29) is 15.6 Å². The SMILES string of the molecule is Nc1nc2ccccc2n1/C(=N/C(Cl)=C(Cl)Cl)c1ccc(Cl)cc1. The predicted octanol–water partition coefficient (Wildman–Crippen LogP) is 5.41. The first-order valence-electron chi connectivity index (χ1n) is 6.76. The Bertz CT molecular complexity index is 954. The van der Waals surface area contributed by atoms with Crippen molar-refractivity contribution >= 4 is 69.2 Å². The highest BCUT2D eigenvalue weighted by Gasteiger charge is 2.16. The molecule has 3 aromatic rings. The molecule has 0 aliphatic heterocycles. The lowest BCUT2D eigenvalue weighted by Crippen LogP contribution is -2.16. The van der Waals surface area contributed by atoms with Crippen LogP contribution in [0.25, 0.3) is 11.0 Å². The van der Waals surface area contributed by atoms with Crippen LogP contribution in [0.1, 0.15) is 5.56 Å². The molecule has 0 fully saturated rings. The molecule has 1 aromatic heterocycles. The van der Waals surface area contributed by atoms with Gasteiger partial charge in [0.25, 0.3) is 0 Å². The van der Waals surface area contributed by atoms with Crippen molar-refractivity contribution in [2.45, 2.75) is 0 Å². The van der Waals surface area contributed by atoms with E-state index < -0.39 is 0 Å². The van der Waals surface area contributed by atoms with Crippen LogP contribution in [0.5, 0.6) is 0 Å². The average molecular weight is 400 g/mol. The first-order chi connectivity index (χ1) is 11.5. The zero-order valence-corrected chi connectivity index (χ0v) is 15.1. The van der Waals surface area contributed by atoms with E-state index in [1.54, 1.807) is 28.8 Å². The molecule has 0 saturated heterocycles. The Balaban J connectivity index is 2.30. The molecule has 0 atom stereocenters. The summed E-state index contributed by atoms with van der Waals surface area (Å²) in [4.78, 5) is 8.66. The van der Waals surface area contributed by atoms with Gasteiger partial charge in [-0.2, -0.15) is 0 Å². The van der Waals surface area contributed by atoms with Crippen molar-refractivity contribution in [3.8, 4) is 0 Å². The number of aromatic nitrogens is 2. The molecule has 0 spiro atoms. The van der Waals surface area contributed by atoms with Crippen LogP contribution in [0.2, 0.25) is 5.02 Å². The highest BCUT2D eigenvalue weighted by atomic mass is 35.5. The van der Waals surface area contributed by atoms with Crippen molar-refractivity contribution in [1.29, 1.82) is 0 Å². The molecule has 1 heterocycles. The van der Waals surface area contributed by atoms with Crippen LogP contribution >= 0.6 is 46.4 Å². The first kappa shape index (κ1) is 17.1. The number of nitrogens with two attached hydrogens (primary N) is 1. The lowest BCUT2D eigenvalue weighted by atomic mass is 10.2. The van der Waals surface area contributed by atoms with Crippen LogP contribution in [-0.4, -0.2) is 15.4 Å². The van der Waals surface area contributed by atoms with E-state index in [0.717, 1.165) is 16.6 Å². The van der Waals surface area contributed by atoms with Crippen LogP contribution in [0.3, 0.4) is 0 Å². The summed E-state index contributed by atoms with van der Waals surface area (Å²) in [7, 11) is 0. The van der Waals surface area contributed by atoms with Crippen molar-refractivity contribution in [3.05, 3.63) is 68.8 Å². The molecule has 0 bridgehead atoms. The van der Waals surface area contributed by atoms with Crippen LogP contribution in [0, 0.1) is 0 Å². The van der Waals surface area contributed by atoms with Gasteiger partial charge < -0.3 is 5.73 Å². The molecule has 0 aliphatic carbocycles. The van der Waals surface area contributed by atoms with Crippen LogP contribution in [0.15, 0.2) is 63.2 Å². The number of anilines is 1. The van der Waals surface area contributed by atoms with E-state index in [0.29, 0.717) is 10.9 Å². The van der Waals surface area contributed by atoms with Gasteiger partial charge in [-0.3, -0.25) is 4.57 Å². The number of nitrogen functional groups attached to an aromatic ring is 1. The molecule has 122 valence electrons. The second-order valence-electron chi connectivity index (χ2n) is 4.79. The molecule has 2 N–H and O–H groups in total. The van der Waals surface area contributed by atoms with E-state index in [2.05, 4.69) is 9.98 Å². The number of hydrogen-bond acceptors (Lipinski definition) is 3. The summed E-state index contributed by atoms with van der Waals surface area (Å²) in [6.45, 7) is 0. The first-order valence-corrected chi connectivity index (χ1v) is 8.27. The van der Waals surface area contributed by atoms with Gasteiger partial charge >= 0.3 is 0 Å². The number of benzene rings is 2. The maximum absolute atomic E-state index is 6.09. The van der Waals surface area contributed by atoms with Crippen molar-refractivity contribution < 1.29 is 0 Å². The predicted molar refractivity (Wildman–Crippen MR) is 102 cm³/mol. The van der Waals surface area contributed by atoms with Gasteiger partial charge in [-0.1, -0.05) is 58.5 Å². The summed E-state index contributed by atoms with van der Waals surface area (Å²) in [6, 6.07) is 14.6. The van der Waals surface area contributed by atoms with E-state index in [1.807, 2.05) is 24.3 Å². The standard InChI is InChI=1S/C16H10Cl4N4/c17-10-7-5-9(6-8-10)15(23-14(20)13(18)19)24-12-4-2-1-3-11(12)22-16(24)21/h1-8H,(H2,21,22)/b23-15+. The molecule has 0 saturated carbocycles. The number of imidazole rings is 1. The minimum atomic E-state index is -0.147. The molecule has 3 rings (SSSR count). The fourth-order valence-electron chi connectivity index (χ4n) is 2.25. The largest absolute Gasteiger partial charge is 0.369 e. The molecule has 4 nitrogen and oxygen atoms in total. The third-order valence-corrected chi connectivity index (χ3v) is 4.34. The Morgan fingerprint density at radius 1 is 1.00 bits per heavy atom. The number of rotatable bonds is 2. The monoisotopic (exact) mass is 398 g/mol. The Morgan fingerprint density at radius 3 is 2.33 bits per heavy atom. The second kappa shape index (κ2) is 7.03. The van der Waals surface area contributed by atoms with Crippen LogP contribution in [0.4, 0.5) is 5.95 Å². The highest BCUT2D eigenvalue weighted by molar-refractivity contribution is 6.59. The molecule has 0 aliphatic rings. The quantitative estimate of drug-likeness (QED) is 0.355. The minimum Gasteiger partial charge on any atom is -0.369 e. The number of halogens is 4. The van der Waals surface area contributed by atoms with E-state index in [9.17, 15) is 0 Å². The summed E-state index contributed by atoms with van der Waals surface area (Å²) in [5.41, 5.74) is 8.32. The highest BCUT2D eigenvalue weighted by Crippen LogP contribution is 2.24. The number of nitrogens with zero attached hydrogens (tertiary/aromatic N) is 3. The molecule has 0 amide bonds. The summed E-state index contributed by atoms with van der Waals surface area (Å²) >= 11 is 23.5. The van der Waals surface area contributed by atoms with Gasteiger partial charge in [0.05, 0.1) is 11.0 Å². The summed E-state index contributed by atoms with van der Waals surface area (Å²) < 4.78 is 1.53. The van der Waals surface area contributed by atoms with Crippen LogP contribution in [-0.2, 0) is 0 Å². The van der Waals surface area contributed by atoms with Gasteiger partial charge in [0.2, 0.25) is 5.95 Å². The summed E-state index contributed by atoms with van der Waals surface area (Å²) in [5, 5.41) is 0.541. The van der Waals surface area contributed by atoms with Gasteiger partial charge in [-0.25, -0.2) is 9.98 Å². The molecule has 8 heteroatoms. The number of para-hydroxylation sites is 2. The number of hydrogen-bond donors (Lipinski definition) is 1. The third-order valence-electron chi connectivity index (χ3n) is 3.26. The van der Waals surface area contributed by atoms with Crippen molar-refractivity contribution in [1.82, 2.24) is 9.55 Å². The fraction of sp³-hybridized carbons (Fsp3) is 0.